The quantitative estimate of drug-likeness (QED) is 0.654. The molecule has 2 aliphatic rings. The van der Waals surface area contributed by atoms with Gasteiger partial charge in [-0.2, -0.15) is 0 Å². The fraction of sp³-hybridized carbons (Fsp3) is 0.556. The van der Waals surface area contributed by atoms with Crippen molar-refractivity contribution >= 4 is 22.8 Å². The molecule has 2 rings (SSSR count). The van der Waals surface area contributed by atoms with E-state index in [1.165, 1.54) is 10.4 Å². The third-order valence-electron chi connectivity index (χ3n) is 4.82. The summed E-state index contributed by atoms with van der Waals surface area (Å²) in [6.45, 7) is 6.37. The minimum absolute atomic E-state index is 0.0634. The number of carbonyl (C=O) groups is 2. The zero-order valence-corrected chi connectivity index (χ0v) is 16.3. The van der Waals surface area contributed by atoms with E-state index in [2.05, 4.69) is 6.58 Å². The molecule has 2 fully saturated rings. The van der Waals surface area contributed by atoms with Gasteiger partial charge in [-0.15, -0.1) is 0 Å². The Labute approximate surface area is 160 Å². The molecular weight excluding hydrogens is 372 g/mol. The number of morpholine rings is 1. The van der Waals surface area contributed by atoms with Crippen LogP contribution in [0.3, 0.4) is 0 Å². The highest BCUT2D eigenvalue weighted by molar-refractivity contribution is 7.70. The number of ether oxygens (including phenoxy) is 1. The van der Waals surface area contributed by atoms with Crippen molar-refractivity contribution in [1.29, 1.82) is 0 Å². The first-order valence-corrected chi connectivity index (χ1v) is 10.1. The summed E-state index contributed by atoms with van der Waals surface area (Å²) in [6, 6.07) is 0. The Morgan fingerprint density at radius 1 is 1.33 bits per heavy atom. The molecule has 1 N–H and O–H groups in total. The SMILES string of the molecule is C=C/C=C1/OC(CCC(=O)N2CCC(C(=O)O)CC2)CN([SH](=O)=O)/C1=C/C. The standard InChI is InChI=1S/C18H26N2O6S/c1-3-5-16-15(4-2)20(27(24)25)12-14(26-16)6-7-17(21)19-10-8-13(9-11-19)18(22)23/h3-5,13-14,27H,1,6-12H2,2H3,(H,22,23)/b15-4+,16-5+. The fourth-order valence-corrected chi connectivity index (χ4v) is 4.05. The second-order valence-corrected chi connectivity index (χ2v) is 7.49. The summed E-state index contributed by atoms with van der Waals surface area (Å²) in [5.41, 5.74) is 0.462. The lowest BCUT2D eigenvalue weighted by Gasteiger charge is -2.35. The molecule has 1 atom stereocenters. The zero-order chi connectivity index (χ0) is 20.0. The Bertz CT molecular complexity index is 711. The van der Waals surface area contributed by atoms with Crippen LogP contribution in [0.5, 0.6) is 0 Å². The van der Waals surface area contributed by atoms with Crippen LogP contribution in [0.4, 0.5) is 0 Å². The normalized spacial score (nSPS) is 24.3. The van der Waals surface area contributed by atoms with Crippen molar-refractivity contribution in [1.82, 2.24) is 9.21 Å². The lowest BCUT2D eigenvalue weighted by atomic mass is 9.97. The molecule has 9 heteroatoms. The Balaban J connectivity index is 1.95. The van der Waals surface area contributed by atoms with Gasteiger partial charge in [0.2, 0.25) is 16.8 Å². The Hall–Kier alpha value is -2.29. The van der Waals surface area contributed by atoms with Crippen LogP contribution in [-0.2, 0) is 25.2 Å². The molecule has 0 aromatic carbocycles. The second kappa shape index (κ2) is 9.59. The summed E-state index contributed by atoms with van der Waals surface area (Å²) in [7, 11) is -2.82. The molecular formula is C18H26N2O6S. The number of amides is 1. The highest BCUT2D eigenvalue weighted by Gasteiger charge is 2.31. The van der Waals surface area contributed by atoms with E-state index in [4.69, 9.17) is 9.84 Å². The van der Waals surface area contributed by atoms with E-state index in [9.17, 15) is 18.0 Å². The van der Waals surface area contributed by atoms with Crippen LogP contribution >= 0.6 is 0 Å². The van der Waals surface area contributed by atoms with Crippen molar-refractivity contribution in [3.63, 3.8) is 0 Å². The summed E-state index contributed by atoms with van der Waals surface area (Å²) in [4.78, 5) is 25.1. The number of carboxylic acids is 1. The maximum atomic E-state index is 12.4. The van der Waals surface area contributed by atoms with Gasteiger partial charge < -0.3 is 14.7 Å². The molecule has 0 aromatic rings. The molecule has 0 radical (unpaired) electrons. The molecule has 150 valence electrons. The number of thiol groups is 1. The average molecular weight is 398 g/mol. The number of aliphatic carboxylic acids is 1. The van der Waals surface area contributed by atoms with Gasteiger partial charge in [-0.05, 0) is 32.3 Å². The third-order valence-corrected chi connectivity index (χ3v) is 5.59. The predicted molar refractivity (Wildman–Crippen MR) is 100 cm³/mol. The summed E-state index contributed by atoms with van der Waals surface area (Å²) < 4.78 is 30.3. The molecule has 0 spiro atoms. The summed E-state index contributed by atoms with van der Waals surface area (Å²) in [5, 5.41) is 9.03. The second-order valence-electron chi connectivity index (χ2n) is 6.53. The topological polar surface area (TPSA) is 104 Å². The van der Waals surface area contributed by atoms with E-state index in [1.807, 2.05) is 0 Å². The number of rotatable bonds is 6. The molecule has 2 heterocycles. The van der Waals surface area contributed by atoms with Crippen molar-refractivity contribution in [2.45, 2.75) is 38.7 Å². The van der Waals surface area contributed by atoms with Crippen molar-refractivity contribution in [2.75, 3.05) is 19.6 Å². The van der Waals surface area contributed by atoms with Crippen LogP contribution in [-0.4, -0.2) is 60.3 Å². The predicted octanol–water partition coefficient (Wildman–Crippen LogP) is 1.29. The van der Waals surface area contributed by atoms with E-state index in [1.54, 1.807) is 24.0 Å². The molecule has 1 amide bonds. The van der Waals surface area contributed by atoms with Gasteiger partial charge in [0.25, 0.3) is 0 Å². The number of nitrogens with zero attached hydrogens (tertiary/aromatic N) is 2. The molecule has 0 bridgehead atoms. The molecule has 1 unspecified atom stereocenters. The molecule has 8 nitrogen and oxygen atoms in total. The van der Waals surface area contributed by atoms with Gasteiger partial charge >= 0.3 is 5.97 Å². The van der Waals surface area contributed by atoms with Gasteiger partial charge in [-0.3, -0.25) is 13.9 Å². The monoisotopic (exact) mass is 398 g/mol. The first-order chi connectivity index (χ1) is 12.9. The first-order valence-electron chi connectivity index (χ1n) is 8.95. The van der Waals surface area contributed by atoms with E-state index in [0.717, 1.165) is 0 Å². The van der Waals surface area contributed by atoms with Gasteiger partial charge in [0.1, 0.15) is 11.9 Å². The fourth-order valence-electron chi connectivity index (χ4n) is 3.34. The smallest absolute Gasteiger partial charge is 0.306 e. The van der Waals surface area contributed by atoms with Crippen LogP contribution < -0.4 is 0 Å². The highest BCUT2D eigenvalue weighted by Crippen LogP contribution is 2.27. The Morgan fingerprint density at radius 3 is 2.52 bits per heavy atom. The van der Waals surface area contributed by atoms with Crippen LogP contribution in [0.1, 0.15) is 32.6 Å². The number of hydrogen-bond donors (Lipinski definition) is 2. The summed E-state index contributed by atoms with van der Waals surface area (Å²) in [6.07, 6.45) is 5.87. The van der Waals surface area contributed by atoms with Crippen LogP contribution in [0.2, 0.25) is 0 Å². The number of carbonyl (C=O) groups excluding carboxylic acids is 1. The number of carboxylic acid groups (broad SMARTS) is 1. The van der Waals surface area contributed by atoms with E-state index in [-0.39, 0.29) is 24.8 Å². The molecule has 2 aliphatic heterocycles. The Morgan fingerprint density at radius 2 is 2.00 bits per heavy atom. The van der Waals surface area contributed by atoms with Crippen molar-refractivity contribution in [2.24, 2.45) is 5.92 Å². The largest absolute Gasteiger partial charge is 0.486 e. The van der Waals surface area contributed by atoms with Gasteiger partial charge in [0, 0.05) is 19.5 Å². The number of likely N-dealkylation sites (tertiary alicyclic amines) is 1. The average Bonchev–Trinajstić information content (AvgIpc) is 2.65. The third kappa shape index (κ3) is 5.35. The van der Waals surface area contributed by atoms with Gasteiger partial charge in [0.15, 0.2) is 0 Å². The van der Waals surface area contributed by atoms with Gasteiger partial charge in [0.05, 0.1) is 18.2 Å². The van der Waals surface area contributed by atoms with Gasteiger partial charge in [-0.25, -0.2) is 8.42 Å². The molecule has 0 saturated carbocycles. The summed E-state index contributed by atoms with van der Waals surface area (Å²) >= 11 is 0. The zero-order valence-electron chi connectivity index (χ0n) is 15.4. The molecule has 0 aliphatic carbocycles. The van der Waals surface area contributed by atoms with E-state index >= 15 is 0 Å². The van der Waals surface area contributed by atoms with Gasteiger partial charge in [-0.1, -0.05) is 18.7 Å². The Kier molecular flexibility index (Phi) is 7.46. The van der Waals surface area contributed by atoms with Crippen molar-refractivity contribution < 1.29 is 27.9 Å². The van der Waals surface area contributed by atoms with Crippen molar-refractivity contribution in [3.05, 3.63) is 36.3 Å². The van der Waals surface area contributed by atoms with E-state index < -0.39 is 23.0 Å². The minimum atomic E-state index is -2.82. The molecule has 2 saturated heterocycles. The lowest BCUT2D eigenvalue weighted by molar-refractivity contribution is -0.145. The number of hydrogen-bond acceptors (Lipinski definition) is 5. The maximum absolute atomic E-state index is 12.4. The van der Waals surface area contributed by atoms with Crippen LogP contribution in [0.25, 0.3) is 0 Å². The molecule has 0 aromatic heterocycles. The molecule has 27 heavy (non-hydrogen) atoms. The number of allylic oxidation sites excluding steroid dienone is 3. The van der Waals surface area contributed by atoms with Crippen LogP contribution in [0, 0.1) is 5.92 Å². The summed E-state index contributed by atoms with van der Waals surface area (Å²) in [5.74, 6) is -0.849. The maximum Gasteiger partial charge on any atom is 0.306 e. The minimum Gasteiger partial charge on any atom is -0.486 e. The highest BCUT2D eigenvalue weighted by atomic mass is 32.2. The van der Waals surface area contributed by atoms with E-state index in [0.29, 0.717) is 43.8 Å². The lowest BCUT2D eigenvalue weighted by Crippen LogP contribution is -2.42. The van der Waals surface area contributed by atoms with Crippen LogP contribution in [0.15, 0.2) is 36.3 Å². The van der Waals surface area contributed by atoms with Crippen molar-refractivity contribution in [3.8, 4) is 0 Å². The number of piperidine rings is 1. The first kappa shape index (κ1) is 21.0.